The lowest BCUT2D eigenvalue weighted by molar-refractivity contribution is -0.159. The average molecular weight is 712 g/mol. The zero-order chi connectivity index (χ0) is 38.0. The normalized spacial score (nSPS) is 16.4. The molecule has 0 aromatic rings. The van der Waals surface area contributed by atoms with Gasteiger partial charge in [0.05, 0.1) is 32.2 Å². The zero-order valence-electron chi connectivity index (χ0n) is 30.6. The lowest BCUT2D eigenvalue weighted by atomic mass is 9.96. The predicted octanol–water partition coefficient (Wildman–Crippen LogP) is -1.36. The summed E-state index contributed by atoms with van der Waals surface area (Å²) in [4.78, 5) is 102. The molecular weight excluding hydrogens is 654 g/mol. The van der Waals surface area contributed by atoms with Crippen LogP contribution in [0, 0.1) is 23.7 Å². The van der Waals surface area contributed by atoms with Crippen LogP contribution in [-0.4, -0.2) is 111 Å². The number of rotatable bonds is 21. The van der Waals surface area contributed by atoms with E-state index in [-0.39, 0.29) is 43.3 Å². The van der Waals surface area contributed by atoms with Gasteiger partial charge < -0.3 is 46.7 Å². The molecule has 1 aliphatic rings. The second kappa shape index (κ2) is 22.4. The van der Waals surface area contributed by atoms with Crippen LogP contribution in [0.3, 0.4) is 0 Å². The van der Waals surface area contributed by atoms with E-state index in [1.165, 1.54) is 13.8 Å². The van der Waals surface area contributed by atoms with Gasteiger partial charge in [-0.1, -0.05) is 48.0 Å². The largest absolute Gasteiger partial charge is 0.464 e. The van der Waals surface area contributed by atoms with E-state index < -0.39 is 84.6 Å². The van der Waals surface area contributed by atoms with Crippen molar-refractivity contribution >= 4 is 47.4 Å². The molecule has 0 radical (unpaired) electrons. The lowest BCUT2D eigenvalue weighted by Crippen LogP contribution is -2.58. The fourth-order valence-electron chi connectivity index (χ4n) is 5.02. The van der Waals surface area contributed by atoms with Crippen molar-refractivity contribution in [3.8, 4) is 0 Å². The van der Waals surface area contributed by atoms with Crippen molar-refractivity contribution in [2.75, 3.05) is 39.4 Å². The summed E-state index contributed by atoms with van der Waals surface area (Å²) in [7, 11) is 0. The van der Waals surface area contributed by atoms with E-state index in [1.807, 2.05) is 13.8 Å². The molecule has 5 atom stereocenters. The van der Waals surface area contributed by atoms with Crippen LogP contribution in [0.2, 0.25) is 0 Å². The highest BCUT2D eigenvalue weighted by molar-refractivity contribution is 6.03. The average Bonchev–Trinajstić information content (AvgIpc) is 3.60. The van der Waals surface area contributed by atoms with Crippen molar-refractivity contribution in [2.24, 2.45) is 23.7 Å². The third-order valence-electron chi connectivity index (χ3n) is 8.03. The van der Waals surface area contributed by atoms with E-state index in [9.17, 15) is 38.4 Å². The molecular formula is C33H57N7O10. The van der Waals surface area contributed by atoms with Crippen LogP contribution >= 0.6 is 0 Å². The van der Waals surface area contributed by atoms with Crippen molar-refractivity contribution in [1.29, 1.82) is 0 Å². The van der Waals surface area contributed by atoms with Gasteiger partial charge in [-0.05, 0) is 51.0 Å². The van der Waals surface area contributed by atoms with Gasteiger partial charge in [0.25, 0.3) is 0 Å². The van der Waals surface area contributed by atoms with Gasteiger partial charge in [-0.15, -0.1) is 0 Å². The van der Waals surface area contributed by atoms with Crippen molar-refractivity contribution in [3.05, 3.63) is 0 Å². The summed E-state index contributed by atoms with van der Waals surface area (Å²) in [6.07, 6.45) is 1.35. The Labute approximate surface area is 294 Å². The van der Waals surface area contributed by atoms with Crippen LogP contribution in [0.15, 0.2) is 0 Å². The van der Waals surface area contributed by atoms with Crippen LogP contribution in [0.1, 0.15) is 74.7 Å². The highest BCUT2D eigenvalue weighted by Crippen LogP contribution is 2.12. The third kappa shape index (κ3) is 15.1. The van der Waals surface area contributed by atoms with E-state index in [1.54, 1.807) is 27.7 Å². The number of carbonyl (C=O) groups is 8. The van der Waals surface area contributed by atoms with E-state index in [0.717, 1.165) is 6.54 Å². The molecule has 5 unspecified atom stereocenters. The Morgan fingerprint density at radius 2 is 1.24 bits per heavy atom. The molecule has 50 heavy (non-hydrogen) atoms. The molecule has 1 heterocycles. The Morgan fingerprint density at radius 1 is 0.700 bits per heavy atom. The molecule has 6 amide bonds. The van der Waals surface area contributed by atoms with Gasteiger partial charge in [0.1, 0.15) is 18.1 Å². The Kier molecular flexibility index (Phi) is 19.6. The summed E-state index contributed by atoms with van der Waals surface area (Å²) in [6.45, 7) is 13.9. The summed E-state index contributed by atoms with van der Waals surface area (Å²) < 4.78 is 9.65. The molecule has 1 rings (SSSR count). The van der Waals surface area contributed by atoms with E-state index in [0.29, 0.717) is 19.4 Å². The smallest absolute Gasteiger partial charge is 0.340 e. The summed E-state index contributed by atoms with van der Waals surface area (Å²) in [5, 5.41) is 18.3. The number of amides is 6. The summed E-state index contributed by atoms with van der Waals surface area (Å²) >= 11 is 0. The van der Waals surface area contributed by atoms with Crippen LogP contribution in [0.4, 0.5) is 0 Å². The minimum Gasteiger partial charge on any atom is -0.464 e. The minimum absolute atomic E-state index is 0.0403. The van der Waals surface area contributed by atoms with Crippen molar-refractivity contribution in [3.63, 3.8) is 0 Å². The highest BCUT2D eigenvalue weighted by atomic mass is 16.6. The van der Waals surface area contributed by atoms with Crippen molar-refractivity contribution in [1.82, 2.24) is 37.2 Å². The van der Waals surface area contributed by atoms with Crippen molar-refractivity contribution in [2.45, 2.75) is 98.8 Å². The van der Waals surface area contributed by atoms with Gasteiger partial charge in [0.2, 0.25) is 41.5 Å². The van der Waals surface area contributed by atoms with Gasteiger partial charge in [0.15, 0.2) is 0 Å². The second-order valence-corrected chi connectivity index (χ2v) is 13.0. The highest BCUT2D eigenvalue weighted by Gasteiger charge is 2.34. The number of nitrogens with one attached hydrogen (secondary N) is 7. The first-order chi connectivity index (χ1) is 23.6. The van der Waals surface area contributed by atoms with Gasteiger partial charge in [-0.3, -0.25) is 28.8 Å². The second-order valence-electron chi connectivity index (χ2n) is 13.0. The first-order valence-electron chi connectivity index (χ1n) is 17.3. The molecule has 0 aromatic heterocycles. The first kappa shape index (κ1) is 43.7. The maximum absolute atomic E-state index is 13.5. The minimum atomic E-state index is -1.72. The molecule has 1 fully saturated rings. The number of carbonyl (C=O) groups excluding carboxylic acids is 8. The third-order valence-corrected chi connectivity index (χ3v) is 8.03. The Hall–Kier alpha value is -4.28. The fraction of sp³-hybridized carbons (Fsp3) is 0.758. The number of hydrogen-bond acceptors (Lipinski definition) is 11. The summed E-state index contributed by atoms with van der Waals surface area (Å²) in [5.74, 6) is -6.60. The number of ether oxygens (including phenoxy) is 2. The molecule has 1 aliphatic heterocycles. The Bertz CT molecular complexity index is 1170. The van der Waals surface area contributed by atoms with Crippen LogP contribution in [-0.2, 0) is 47.8 Å². The van der Waals surface area contributed by atoms with Crippen LogP contribution < -0.4 is 37.2 Å². The Morgan fingerprint density at radius 3 is 1.70 bits per heavy atom. The quantitative estimate of drug-likeness (QED) is 0.0542. The molecule has 0 aromatic carbocycles. The van der Waals surface area contributed by atoms with E-state index in [2.05, 4.69) is 37.2 Å². The standard InChI is InChI=1S/C33H57N7O10/c1-9-20(8)26(31(46)36-17-24(42)38-27(32(47)49-10-2)33(48)50-11-3)40-29(44)22(14-18(4)5)37-23(41)16-35-30(45)25(19(6)7)39-28(43)21-12-13-34-15-21/h18-22,25-27,34H,9-17H2,1-8H3,(H,35,45)(H,36,46)(H,37,41)(H,38,42)(H,39,43)(H,40,44). The topological polar surface area (TPSA) is 239 Å². The lowest BCUT2D eigenvalue weighted by Gasteiger charge is -2.27. The molecule has 0 aliphatic carbocycles. The maximum Gasteiger partial charge on any atom is 0.340 e. The zero-order valence-corrected chi connectivity index (χ0v) is 30.6. The van der Waals surface area contributed by atoms with Gasteiger partial charge >= 0.3 is 11.9 Å². The molecule has 0 spiro atoms. The van der Waals surface area contributed by atoms with E-state index >= 15 is 0 Å². The number of esters is 2. The Balaban J connectivity index is 2.89. The van der Waals surface area contributed by atoms with Crippen molar-refractivity contribution < 1.29 is 47.8 Å². The molecule has 284 valence electrons. The summed E-state index contributed by atoms with van der Waals surface area (Å²) in [6, 6.07) is -4.75. The van der Waals surface area contributed by atoms with Gasteiger partial charge in [-0.25, -0.2) is 9.59 Å². The summed E-state index contributed by atoms with van der Waals surface area (Å²) in [5.41, 5.74) is 0. The number of hydrogen-bond donors (Lipinski definition) is 7. The molecule has 7 N–H and O–H groups in total. The van der Waals surface area contributed by atoms with Crippen LogP contribution in [0.25, 0.3) is 0 Å². The van der Waals surface area contributed by atoms with Crippen LogP contribution in [0.5, 0.6) is 0 Å². The molecule has 17 heteroatoms. The van der Waals surface area contributed by atoms with E-state index in [4.69, 9.17) is 9.47 Å². The predicted molar refractivity (Wildman–Crippen MR) is 182 cm³/mol. The fourth-order valence-corrected chi connectivity index (χ4v) is 5.02. The molecule has 1 saturated heterocycles. The maximum atomic E-state index is 13.5. The van der Waals surface area contributed by atoms with Gasteiger partial charge in [0, 0.05) is 6.54 Å². The molecule has 0 bridgehead atoms. The monoisotopic (exact) mass is 711 g/mol. The van der Waals surface area contributed by atoms with Gasteiger partial charge in [-0.2, -0.15) is 0 Å². The molecule has 0 saturated carbocycles. The molecule has 17 nitrogen and oxygen atoms in total. The SMILES string of the molecule is CCOC(=O)C(NC(=O)CNC(=O)C(NC(=O)C(CC(C)C)NC(=O)CNC(=O)C(NC(=O)C1CCNC1)C(C)C)C(C)CC)C(=O)OCC. The first-order valence-corrected chi connectivity index (χ1v) is 17.3.